The van der Waals surface area contributed by atoms with Gasteiger partial charge in [-0.2, -0.15) is 0 Å². The summed E-state index contributed by atoms with van der Waals surface area (Å²) in [4.78, 5) is 0. The molecule has 14 heavy (non-hydrogen) atoms. The van der Waals surface area contributed by atoms with Crippen LogP contribution in [0, 0.1) is 0 Å². The zero-order chi connectivity index (χ0) is 11.4. The van der Waals surface area contributed by atoms with Crippen molar-refractivity contribution in [1.82, 2.24) is 0 Å². The van der Waals surface area contributed by atoms with Crippen LogP contribution >= 0.6 is 0 Å². The van der Waals surface area contributed by atoms with Crippen LogP contribution in [0.2, 0.25) is 0 Å². The average molecular weight is 202 g/mol. The van der Waals surface area contributed by atoms with Crippen LogP contribution in [0.4, 0.5) is 0 Å². The third-order valence-electron chi connectivity index (χ3n) is 3.57. The summed E-state index contributed by atoms with van der Waals surface area (Å²) in [6.07, 6.45) is 0. The summed E-state index contributed by atoms with van der Waals surface area (Å²) in [5, 5.41) is 0. The maximum atomic E-state index is 5.23. The molecule has 0 heterocycles. The van der Waals surface area contributed by atoms with Gasteiger partial charge in [0.15, 0.2) is 0 Å². The number of rotatable bonds is 6. The Bertz CT molecular complexity index is 131. The Morgan fingerprint density at radius 1 is 0.857 bits per heavy atom. The quantitative estimate of drug-likeness (QED) is 0.602. The Morgan fingerprint density at radius 3 is 1.43 bits per heavy atom. The zero-order valence-corrected chi connectivity index (χ0v) is 11.0. The molecule has 2 heteroatoms. The minimum Gasteiger partial charge on any atom is -0.379 e. The van der Waals surface area contributed by atoms with E-state index in [1.165, 1.54) is 0 Å². The third kappa shape index (κ3) is 2.71. The van der Waals surface area contributed by atoms with E-state index in [0.717, 1.165) is 17.6 Å². The summed E-state index contributed by atoms with van der Waals surface area (Å²) in [6.45, 7) is 15.9. The molecule has 0 aromatic heterocycles. The maximum Gasteiger partial charge on any atom is 0.103 e. The molecule has 0 bridgehead atoms. The standard InChI is InChI=1S/C12H28NO/c1-10(2)13(11(3)4,12(5)6)8-9-14-7/h10-12H,8-9H2,1-7H3/q+1. The van der Waals surface area contributed by atoms with Crippen molar-refractivity contribution in [2.45, 2.75) is 59.7 Å². The Morgan fingerprint density at radius 2 is 1.21 bits per heavy atom. The molecule has 0 fully saturated rings. The highest BCUT2D eigenvalue weighted by Gasteiger charge is 2.37. The molecule has 0 aliphatic rings. The van der Waals surface area contributed by atoms with E-state index < -0.39 is 0 Å². The molecule has 0 amide bonds. The number of ether oxygens (including phenoxy) is 1. The average Bonchev–Trinajstić information content (AvgIpc) is 2.03. The monoisotopic (exact) mass is 202 g/mol. The maximum absolute atomic E-state index is 5.23. The minimum absolute atomic E-state index is 0.658. The molecule has 0 spiro atoms. The van der Waals surface area contributed by atoms with Crippen molar-refractivity contribution >= 4 is 0 Å². The Hall–Kier alpha value is -0.0800. The van der Waals surface area contributed by atoms with E-state index in [0.29, 0.717) is 18.1 Å². The van der Waals surface area contributed by atoms with Gasteiger partial charge in [-0.15, -0.1) is 0 Å². The second kappa shape index (κ2) is 5.72. The van der Waals surface area contributed by atoms with E-state index in [-0.39, 0.29) is 0 Å². The van der Waals surface area contributed by atoms with E-state index >= 15 is 0 Å². The van der Waals surface area contributed by atoms with Crippen LogP contribution in [-0.4, -0.2) is 42.9 Å². The fourth-order valence-corrected chi connectivity index (χ4v) is 2.81. The molecular formula is C12H28NO+. The van der Waals surface area contributed by atoms with E-state index in [1.807, 2.05) is 0 Å². The van der Waals surface area contributed by atoms with Crippen molar-refractivity contribution in [3.8, 4) is 0 Å². The molecule has 0 saturated carbocycles. The fraction of sp³-hybridized carbons (Fsp3) is 1.00. The Labute approximate surface area is 89.8 Å². The van der Waals surface area contributed by atoms with E-state index in [1.54, 1.807) is 7.11 Å². The highest BCUT2D eigenvalue weighted by atomic mass is 16.5. The van der Waals surface area contributed by atoms with Crippen molar-refractivity contribution in [3.63, 3.8) is 0 Å². The number of nitrogens with zero attached hydrogens (tertiary/aromatic N) is 1. The Kier molecular flexibility index (Phi) is 5.68. The molecule has 0 rings (SSSR count). The SMILES string of the molecule is COCC[N+](C(C)C)(C(C)C)C(C)C. The van der Waals surface area contributed by atoms with Crippen molar-refractivity contribution in [3.05, 3.63) is 0 Å². The van der Waals surface area contributed by atoms with Crippen LogP contribution in [0.3, 0.4) is 0 Å². The normalized spacial score (nSPS) is 13.3. The van der Waals surface area contributed by atoms with Crippen molar-refractivity contribution in [2.24, 2.45) is 0 Å². The van der Waals surface area contributed by atoms with Gasteiger partial charge in [-0.25, -0.2) is 0 Å². The molecule has 0 aliphatic carbocycles. The zero-order valence-electron chi connectivity index (χ0n) is 11.0. The van der Waals surface area contributed by atoms with Crippen molar-refractivity contribution in [1.29, 1.82) is 0 Å². The first-order chi connectivity index (χ1) is 6.39. The molecule has 0 aromatic carbocycles. The summed E-state index contributed by atoms with van der Waals surface area (Å²) >= 11 is 0. The van der Waals surface area contributed by atoms with E-state index in [9.17, 15) is 0 Å². The molecule has 0 aliphatic heterocycles. The summed E-state index contributed by atoms with van der Waals surface area (Å²) in [7, 11) is 1.79. The molecule has 0 N–H and O–H groups in total. The highest BCUT2D eigenvalue weighted by molar-refractivity contribution is 4.58. The molecule has 0 aromatic rings. The fourth-order valence-electron chi connectivity index (χ4n) is 2.81. The van der Waals surface area contributed by atoms with Crippen LogP contribution in [0.25, 0.3) is 0 Å². The molecule has 0 atom stereocenters. The molecule has 0 saturated heterocycles. The van der Waals surface area contributed by atoms with Crippen LogP contribution in [0.1, 0.15) is 41.5 Å². The second-order valence-corrected chi connectivity index (χ2v) is 4.99. The Balaban J connectivity index is 4.76. The van der Waals surface area contributed by atoms with Gasteiger partial charge in [-0.05, 0) is 41.5 Å². The number of methoxy groups -OCH3 is 1. The van der Waals surface area contributed by atoms with Gasteiger partial charge in [0.1, 0.15) is 6.54 Å². The van der Waals surface area contributed by atoms with Crippen LogP contribution in [-0.2, 0) is 4.74 Å². The lowest BCUT2D eigenvalue weighted by atomic mass is 10.1. The smallest absolute Gasteiger partial charge is 0.103 e. The molecule has 0 radical (unpaired) electrons. The lowest BCUT2D eigenvalue weighted by Gasteiger charge is -2.49. The first-order valence-electron chi connectivity index (χ1n) is 5.75. The first kappa shape index (κ1) is 13.9. The number of hydrogen-bond acceptors (Lipinski definition) is 1. The van der Waals surface area contributed by atoms with E-state index in [4.69, 9.17) is 4.74 Å². The van der Waals surface area contributed by atoms with Gasteiger partial charge in [0.05, 0.1) is 24.7 Å². The topological polar surface area (TPSA) is 9.23 Å². The number of hydrogen-bond donors (Lipinski definition) is 0. The van der Waals surface area contributed by atoms with E-state index in [2.05, 4.69) is 41.5 Å². The largest absolute Gasteiger partial charge is 0.379 e. The lowest BCUT2D eigenvalue weighted by Crippen LogP contribution is -2.63. The van der Waals surface area contributed by atoms with Gasteiger partial charge < -0.3 is 9.22 Å². The predicted molar refractivity (Wildman–Crippen MR) is 62.4 cm³/mol. The van der Waals surface area contributed by atoms with Gasteiger partial charge in [0, 0.05) is 7.11 Å². The molecule has 0 unspecified atom stereocenters. The summed E-state index contributed by atoms with van der Waals surface area (Å²) in [5.74, 6) is 0. The van der Waals surface area contributed by atoms with Crippen LogP contribution in [0.15, 0.2) is 0 Å². The van der Waals surface area contributed by atoms with Crippen molar-refractivity contribution in [2.75, 3.05) is 20.3 Å². The van der Waals surface area contributed by atoms with Gasteiger partial charge >= 0.3 is 0 Å². The molecule has 2 nitrogen and oxygen atoms in total. The summed E-state index contributed by atoms with van der Waals surface area (Å²) < 4.78 is 6.38. The van der Waals surface area contributed by atoms with Gasteiger partial charge in [-0.3, -0.25) is 0 Å². The predicted octanol–water partition coefficient (Wildman–Crippen LogP) is 2.67. The number of quaternary nitrogens is 1. The van der Waals surface area contributed by atoms with Gasteiger partial charge in [0.2, 0.25) is 0 Å². The molecule has 86 valence electrons. The third-order valence-corrected chi connectivity index (χ3v) is 3.57. The van der Waals surface area contributed by atoms with Gasteiger partial charge in [-0.1, -0.05) is 0 Å². The summed E-state index contributed by atoms with van der Waals surface area (Å²) in [6, 6.07) is 1.97. The van der Waals surface area contributed by atoms with Gasteiger partial charge in [0.25, 0.3) is 0 Å². The lowest BCUT2D eigenvalue weighted by molar-refractivity contribution is -0.985. The first-order valence-corrected chi connectivity index (χ1v) is 5.75. The van der Waals surface area contributed by atoms with Crippen molar-refractivity contribution < 1.29 is 9.22 Å². The summed E-state index contributed by atoms with van der Waals surface area (Å²) in [5.41, 5.74) is 0. The second-order valence-electron chi connectivity index (χ2n) is 4.99. The van der Waals surface area contributed by atoms with Crippen LogP contribution < -0.4 is 0 Å². The highest BCUT2D eigenvalue weighted by Crippen LogP contribution is 2.23. The minimum atomic E-state index is 0.658. The molecular weight excluding hydrogens is 174 g/mol. The van der Waals surface area contributed by atoms with Crippen LogP contribution in [0.5, 0.6) is 0 Å².